The molecule has 0 radical (unpaired) electrons. The number of carbonyl (C=O) groups is 1. The highest BCUT2D eigenvalue weighted by Gasteiger charge is 2.31. The van der Waals surface area contributed by atoms with E-state index in [1.54, 1.807) is 25.1 Å². The molecular formula is C20H20F3N3O4. The largest absolute Gasteiger partial charge is 0.464 e. The van der Waals surface area contributed by atoms with Gasteiger partial charge in [0.15, 0.2) is 5.71 Å². The summed E-state index contributed by atoms with van der Waals surface area (Å²) >= 11 is 0. The van der Waals surface area contributed by atoms with Crippen molar-refractivity contribution in [1.29, 1.82) is 0 Å². The molecule has 0 fully saturated rings. The van der Waals surface area contributed by atoms with Gasteiger partial charge in [-0.15, -0.1) is 0 Å². The lowest BCUT2D eigenvalue weighted by atomic mass is 9.99. The third-order valence-electron chi connectivity index (χ3n) is 4.12. The van der Waals surface area contributed by atoms with Crippen molar-refractivity contribution >= 4 is 17.4 Å². The molecule has 1 heterocycles. The van der Waals surface area contributed by atoms with Crippen LogP contribution >= 0.6 is 0 Å². The summed E-state index contributed by atoms with van der Waals surface area (Å²) in [6.45, 7) is 3.24. The Kier molecular flexibility index (Phi) is 7.51. The lowest BCUT2D eigenvalue weighted by molar-refractivity contribution is -0.138. The molecular weight excluding hydrogens is 403 g/mol. The van der Waals surface area contributed by atoms with E-state index in [2.05, 4.69) is 15.3 Å². The molecule has 0 aliphatic rings. The van der Waals surface area contributed by atoms with E-state index in [9.17, 15) is 18.0 Å². The molecule has 1 aromatic carbocycles. The van der Waals surface area contributed by atoms with Crippen LogP contribution in [0, 0.1) is 6.92 Å². The first-order valence-corrected chi connectivity index (χ1v) is 8.66. The Bertz CT molecular complexity index is 972. The summed E-state index contributed by atoms with van der Waals surface area (Å²) in [6, 6.07) is 6.12. The average Bonchev–Trinajstić information content (AvgIpc) is 2.72. The first-order valence-electron chi connectivity index (χ1n) is 8.66. The number of rotatable bonds is 7. The Morgan fingerprint density at radius 3 is 2.53 bits per heavy atom. The molecule has 30 heavy (non-hydrogen) atoms. The molecule has 0 aliphatic heterocycles. The Labute approximate surface area is 171 Å². The topological polar surface area (TPSA) is 82.4 Å². The number of aromatic nitrogens is 1. The number of oxime groups is 2. The Balaban J connectivity index is 2.28. The zero-order chi connectivity index (χ0) is 22.3. The molecule has 2 aromatic rings. The number of methoxy groups -OCH3 is 1. The summed E-state index contributed by atoms with van der Waals surface area (Å²) in [5.41, 5.74) is 1.26. The van der Waals surface area contributed by atoms with E-state index >= 15 is 0 Å². The maximum Gasteiger partial charge on any atom is 0.417 e. The maximum absolute atomic E-state index is 12.9. The zero-order valence-corrected chi connectivity index (χ0v) is 16.8. The SMILES string of the molecule is CO/N=C(/C(=O)OC)c1cccc(C)c1CO/N=C(\C)c1cncc(C(F)(F)F)c1. The first-order chi connectivity index (χ1) is 14.2. The number of benzene rings is 1. The van der Waals surface area contributed by atoms with E-state index in [1.807, 2.05) is 0 Å². The molecule has 160 valence electrons. The smallest absolute Gasteiger partial charge is 0.417 e. The van der Waals surface area contributed by atoms with Crippen molar-refractivity contribution in [3.8, 4) is 0 Å². The van der Waals surface area contributed by atoms with E-state index in [0.717, 1.165) is 17.8 Å². The fourth-order valence-corrected chi connectivity index (χ4v) is 2.54. The summed E-state index contributed by atoms with van der Waals surface area (Å²) in [5.74, 6) is -0.696. The maximum atomic E-state index is 12.9. The minimum absolute atomic E-state index is 0.0509. The predicted octanol–water partition coefficient (Wildman–Crippen LogP) is 3.87. The monoisotopic (exact) mass is 423 g/mol. The van der Waals surface area contributed by atoms with E-state index in [4.69, 9.17) is 14.4 Å². The molecule has 0 saturated heterocycles. The normalized spacial score (nSPS) is 12.5. The predicted molar refractivity (Wildman–Crippen MR) is 103 cm³/mol. The average molecular weight is 423 g/mol. The van der Waals surface area contributed by atoms with Gasteiger partial charge in [-0.25, -0.2) is 4.79 Å². The van der Waals surface area contributed by atoms with Crippen LogP contribution in [-0.2, 0) is 32.0 Å². The first kappa shape index (κ1) is 22.9. The van der Waals surface area contributed by atoms with Gasteiger partial charge in [0, 0.05) is 29.1 Å². The van der Waals surface area contributed by atoms with Crippen molar-refractivity contribution in [3.05, 3.63) is 64.5 Å². The third-order valence-corrected chi connectivity index (χ3v) is 4.12. The molecule has 10 heteroatoms. The molecule has 0 saturated carbocycles. The van der Waals surface area contributed by atoms with Crippen LogP contribution in [0.5, 0.6) is 0 Å². The quantitative estimate of drug-likeness (QED) is 0.384. The van der Waals surface area contributed by atoms with Gasteiger partial charge < -0.3 is 14.4 Å². The van der Waals surface area contributed by atoms with Crippen molar-refractivity contribution in [2.75, 3.05) is 14.2 Å². The number of esters is 1. The number of alkyl halides is 3. The van der Waals surface area contributed by atoms with Gasteiger partial charge in [-0.1, -0.05) is 28.5 Å². The molecule has 0 spiro atoms. The van der Waals surface area contributed by atoms with Crippen LogP contribution in [-0.4, -0.2) is 36.6 Å². The van der Waals surface area contributed by atoms with Gasteiger partial charge in [-0.05, 0) is 25.5 Å². The van der Waals surface area contributed by atoms with E-state index < -0.39 is 17.7 Å². The van der Waals surface area contributed by atoms with Crippen LogP contribution in [0.3, 0.4) is 0 Å². The number of carbonyl (C=O) groups excluding carboxylic acids is 1. The molecule has 1 aromatic heterocycles. The molecule has 0 bridgehead atoms. The zero-order valence-electron chi connectivity index (χ0n) is 16.8. The highest BCUT2D eigenvalue weighted by Crippen LogP contribution is 2.29. The van der Waals surface area contributed by atoms with Crippen molar-refractivity contribution in [3.63, 3.8) is 0 Å². The number of hydrogen-bond donors (Lipinski definition) is 0. The second-order valence-electron chi connectivity index (χ2n) is 6.13. The lowest BCUT2D eigenvalue weighted by Gasteiger charge is -2.12. The number of nitrogens with zero attached hydrogens (tertiary/aromatic N) is 3. The van der Waals surface area contributed by atoms with Crippen molar-refractivity contribution in [1.82, 2.24) is 4.98 Å². The summed E-state index contributed by atoms with van der Waals surface area (Å²) in [6.07, 6.45) is -2.51. The number of hydrogen-bond acceptors (Lipinski definition) is 7. The Morgan fingerprint density at radius 2 is 1.90 bits per heavy atom. The number of pyridine rings is 1. The van der Waals surface area contributed by atoms with E-state index in [0.29, 0.717) is 11.1 Å². The summed E-state index contributed by atoms with van der Waals surface area (Å²) < 4.78 is 43.3. The van der Waals surface area contributed by atoms with Gasteiger partial charge in [0.05, 0.1) is 18.4 Å². The highest BCUT2D eigenvalue weighted by molar-refractivity contribution is 6.43. The fourth-order valence-electron chi connectivity index (χ4n) is 2.54. The van der Waals surface area contributed by atoms with E-state index in [-0.39, 0.29) is 23.6 Å². The highest BCUT2D eigenvalue weighted by atomic mass is 19.4. The lowest BCUT2D eigenvalue weighted by Crippen LogP contribution is -2.20. The summed E-state index contributed by atoms with van der Waals surface area (Å²) in [5, 5.41) is 7.61. The van der Waals surface area contributed by atoms with Crippen LogP contribution < -0.4 is 0 Å². The number of halogens is 3. The number of ether oxygens (including phenoxy) is 1. The molecule has 2 rings (SSSR count). The summed E-state index contributed by atoms with van der Waals surface area (Å²) in [7, 11) is 2.52. The second-order valence-corrected chi connectivity index (χ2v) is 6.13. The van der Waals surface area contributed by atoms with Crippen LogP contribution in [0.2, 0.25) is 0 Å². The molecule has 0 aliphatic carbocycles. The van der Waals surface area contributed by atoms with Crippen LogP contribution in [0.4, 0.5) is 13.2 Å². The Hall–Kier alpha value is -3.43. The van der Waals surface area contributed by atoms with Crippen LogP contribution in [0.15, 0.2) is 47.0 Å². The van der Waals surface area contributed by atoms with Gasteiger partial charge >= 0.3 is 12.1 Å². The second kappa shape index (κ2) is 9.86. The van der Waals surface area contributed by atoms with Gasteiger partial charge in [0.25, 0.3) is 0 Å². The minimum atomic E-state index is -4.51. The summed E-state index contributed by atoms with van der Waals surface area (Å²) in [4.78, 5) is 25.7. The Morgan fingerprint density at radius 1 is 1.17 bits per heavy atom. The van der Waals surface area contributed by atoms with E-state index in [1.165, 1.54) is 27.3 Å². The number of aryl methyl sites for hydroxylation is 1. The van der Waals surface area contributed by atoms with Gasteiger partial charge in [0.1, 0.15) is 13.7 Å². The third kappa shape index (κ3) is 5.56. The standard InChI is InChI=1S/C20H20F3N3O4/c1-12-6-5-7-16(18(26-29-4)19(27)28-3)17(12)11-30-25-13(2)14-8-15(10-24-9-14)20(21,22)23/h5-10H,11H2,1-4H3/b25-13+,26-18+. The van der Waals surface area contributed by atoms with Gasteiger partial charge in [-0.3, -0.25) is 4.98 Å². The van der Waals surface area contributed by atoms with Crippen LogP contribution in [0.25, 0.3) is 0 Å². The molecule has 0 atom stereocenters. The fraction of sp³-hybridized carbons (Fsp3) is 0.300. The van der Waals surface area contributed by atoms with Gasteiger partial charge in [0.2, 0.25) is 0 Å². The van der Waals surface area contributed by atoms with Crippen molar-refractivity contribution in [2.45, 2.75) is 26.6 Å². The molecule has 0 amide bonds. The molecule has 7 nitrogen and oxygen atoms in total. The van der Waals surface area contributed by atoms with Crippen molar-refractivity contribution < 1.29 is 32.4 Å². The van der Waals surface area contributed by atoms with Gasteiger partial charge in [-0.2, -0.15) is 13.2 Å². The van der Waals surface area contributed by atoms with Crippen molar-refractivity contribution in [2.24, 2.45) is 10.3 Å². The van der Waals surface area contributed by atoms with Crippen LogP contribution in [0.1, 0.15) is 34.7 Å². The minimum Gasteiger partial charge on any atom is -0.464 e. The molecule has 0 N–H and O–H groups in total. The molecule has 0 unspecified atom stereocenters.